The number of rotatable bonds is 6. The fourth-order valence-electron chi connectivity index (χ4n) is 3.73. The minimum Gasteiger partial charge on any atom is -0.455 e. The molecule has 0 aromatic rings. The van der Waals surface area contributed by atoms with Gasteiger partial charge in [0.15, 0.2) is 32.1 Å². The Morgan fingerprint density at radius 1 is 1.03 bits per heavy atom. The molecule has 9 nitrogen and oxygen atoms in total. The van der Waals surface area contributed by atoms with Crippen LogP contribution in [-0.4, -0.2) is 85.9 Å². The van der Waals surface area contributed by atoms with Gasteiger partial charge < -0.3 is 38.3 Å². The molecule has 6 atom stereocenters. The maximum atomic E-state index is 11.8. The molecular weight excluding hydrogens is 448 g/mol. The van der Waals surface area contributed by atoms with Gasteiger partial charge in [0, 0.05) is 0 Å². The van der Waals surface area contributed by atoms with Gasteiger partial charge in [0.2, 0.25) is 0 Å². The van der Waals surface area contributed by atoms with E-state index < -0.39 is 44.3 Å². The number of cyclic esters (lactones) is 1. The van der Waals surface area contributed by atoms with E-state index >= 15 is 0 Å². The van der Waals surface area contributed by atoms with Crippen LogP contribution < -0.4 is 0 Å². The fraction of sp³-hybridized carbons (Fsp3) is 0.957. The van der Waals surface area contributed by atoms with E-state index in [0.717, 1.165) is 0 Å². The van der Waals surface area contributed by atoms with Crippen LogP contribution in [0.15, 0.2) is 0 Å². The summed E-state index contributed by atoms with van der Waals surface area (Å²) in [7, 11) is -1.86. The van der Waals surface area contributed by atoms with Crippen molar-refractivity contribution >= 4 is 14.3 Å². The van der Waals surface area contributed by atoms with Gasteiger partial charge in [0.05, 0.1) is 19.3 Å². The lowest BCUT2D eigenvalue weighted by atomic mass is 10.1. The summed E-state index contributed by atoms with van der Waals surface area (Å²) in [5.74, 6) is -1.78. The Labute approximate surface area is 199 Å². The molecular formula is C23H44O9Si. The van der Waals surface area contributed by atoms with Crippen molar-refractivity contribution in [2.24, 2.45) is 0 Å². The standard InChI is InChI=1S/C14H26O5Si.C9H18O4/c1-13(2,3)20(6,7)16-8-9-10-11(12(15)17-9)19-14(4,5)18-10;1-4-6(11)8-7(5-10)12-9(2,3)13-8/h9-11H,8H2,1-7H3;6-8,10-11H,4-5H2,1-3H3/t9-,10+,11+;6-,7-,8+/m00/s1. The first-order valence-electron chi connectivity index (χ1n) is 11.8. The molecule has 3 saturated heterocycles. The zero-order chi connectivity index (χ0) is 25.4. The van der Waals surface area contributed by atoms with E-state index in [1.54, 1.807) is 13.8 Å². The number of esters is 1. The highest BCUT2D eigenvalue weighted by Gasteiger charge is 2.56. The maximum Gasteiger partial charge on any atom is 0.338 e. The molecule has 0 amide bonds. The molecule has 33 heavy (non-hydrogen) atoms. The second kappa shape index (κ2) is 10.2. The normalized spacial score (nSPS) is 33.8. The van der Waals surface area contributed by atoms with Crippen LogP contribution in [0.2, 0.25) is 18.1 Å². The Kier molecular flexibility index (Phi) is 8.84. The SMILES string of the molecule is CC1(C)O[C@@H]2[C@H](CO[Si](C)(C)C(C)(C)C)OC(=O)[C@@H]2O1.CC[C@H](O)[C@H]1OC(C)(C)O[C@H]1CO. The van der Waals surface area contributed by atoms with Crippen LogP contribution in [0.25, 0.3) is 0 Å². The highest BCUT2D eigenvalue weighted by atomic mass is 28.4. The molecule has 10 heteroatoms. The largest absolute Gasteiger partial charge is 0.455 e. The van der Waals surface area contributed by atoms with E-state index in [-0.39, 0.29) is 29.8 Å². The summed E-state index contributed by atoms with van der Waals surface area (Å²) in [5.41, 5.74) is 0. The van der Waals surface area contributed by atoms with Gasteiger partial charge in [-0.25, -0.2) is 4.79 Å². The molecule has 3 fully saturated rings. The first-order chi connectivity index (χ1) is 14.9. The zero-order valence-corrected chi connectivity index (χ0v) is 22.8. The minimum absolute atomic E-state index is 0.120. The highest BCUT2D eigenvalue weighted by Crippen LogP contribution is 2.39. The maximum absolute atomic E-state index is 11.8. The summed E-state index contributed by atoms with van der Waals surface area (Å²) in [4.78, 5) is 11.8. The van der Waals surface area contributed by atoms with Gasteiger partial charge in [-0.2, -0.15) is 0 Å². The third kappa shape index (κ3) is 6.97. The van der Waals surface area contributed by atoms with Crippen molar-refractivity contribution in [2.45, 2.75) is 128 Å². The average Bonchev–Trinajstić information content (AvgIpc) is 3.27. The molecule has 3 rings (SSSR count). The lowest BCUT2D eigenvalue weighted by Gasteiger charge is -2.37. The smallest absolute Gasteiger partial charge is 0.338 e. The fourth-order valence-corrected chi connectivity index (χ4v) is 4.74. The Balaban J connectivity index is 0.000000257. The first kappa shape index (κ1) is 28.6. The van der Waals surface area contributed by atoms with Crippen molar-refractivity contribution in [1.29, 1.82) is 0 Å². The van der Waals surface area contributed by atoms with E-state index in [1.165, 1.54) is 0 Å². The Morgan fingerprint density at radius 2 is 1.61 bits per heavy atom. The molecule has 2 N–H and O–H groups in total. The number of aliphatic hydroxyl groups is 2. The van der Waals surface area contributed by atoms with Gasteiger partial charge in [-0.15, -0.1) is 0 Å². The van der Waals surface area contributed by atoms with Crippen molar-refractivity contribution in [3.8, 4) is 0 Å². The number of fused-ring (bicyclic) bond motifs is 1. The lowest BCUT2D eigenvalue weighted by Crippen LogP contribution is -2.44. The monoisotopic (exact) mass is 492 g/mol. The van der Waals surface area contributed by atoms with Gasteiger partial charge in [-0.1, -0.05) is 27.7 Å². The third-order valence-electron chi connectivity index (χ3n) is 6.61. The predicted octanol–water partition coefficient (Wildman–Crippen LogP) is 2.72. The van der Waals surface area contributed by atoms with E-state index in [4.69, 9.17) is 33.2 Å². The second-order valence-corrected chi connectivity index (χ2v) is 16.2. The van der Waals surface area contributed by atoms with E-state index in [0.29, 0.717) is 13.0 Å². The van der Waals surface area contributed by atoms with Gasteiger partial charge in [-0.05, 0) is 52.2 Å². The molecule has 3 aliphatic heterocycles. The van der Waals surface area contributed by atoms with Crippen molar-refractivity contribution in [2.75, 3.05) is 13.2 Å². The Bertz CT molecular complexity index is 673. The molecule has 3 heterocycles. The number of hydrogen-bond acceptors (Lipinski definition) is 9. The molecule has 3 aliphatic rings. The van der Waals surface area contributed by atoms with Crippen molar-refractivity contribution in [3.63, 3.8) is 0 Å². The second-order valence-electron chi connectivity index (χ2n) is 11.4. The van der Waals surface area contributed by atoms with E-state index in [2.05, 4.69) is 33.9 Å². The Morgan fingerprint density at radius 3 is 2.12 bits per heavy atom. The molecule has 0 spiro atoms. The molecule has 0 bridgehead atoms. The molecule has 0 aromatic heterocycles. The molecule has 0 unspecified atom stereocenters. The van der Waals surface area contributed by atoms with Crippen LogP contribution in [0.3, 0.4) is 0 Å². The summed E-state index contributed by atoms with van der Waals surface area (Å²) in [5, 5.41) is 18.7. The molecule has 0 radical (unpaired) electrons. The minimum atomic E-state index is -1.86. The van der Waals surface area contributed by atoms with E-state index in [1.807, 2.05) is 20.8 Å². The van der Waals surface area contributed by atoms with Crippen LogP contribution in [0, 0.1) is 0 Å². The zero-order valence-electron chi connectivity index (χ0n) is 21.8. The number of hydrogen-bond donors (Lipinski definition) is 2. The van der Waals surface area contributed by atoms with Gasteiger partial charge >= 0.3 is 5.97 Å². The molecule has 0 saturated carbocycles. The van der Waals surface area contributed by atoms with Crippen LogP contribution in [0.1, 0.15) is 61.8 Å². The predicted molar refractivity (Wildman–Crippen MR) is 124 cm³/mol. The van der Waals surface area contributed by atoms with Gasteiger partial charge in [-0.3, -0.25) is 0 Å². The first-order valence-corrected chi connectivity index (χ1v) is 14.7. The molecule has 0 aromatic carbocycles. The van der Waals surface area contributed by atoms with E-state index in [9.17, 15) is 9.90 Å². The number of carbonyl (C=O) groups is 1. The summed E-state index contributed by atoms with van der Waals surface area (Å²) in [6.07, 6.45) is -2.14. The Hall–Kier alpha value is -0.593. The summed E-state index contributed by atoms with van der Waals surface area (Å²) in [6.45, 7) is 20.2. The molecule has 194 valence electrons. The van der Waals surface area contributed by atoms with Crippen LogP contribution in [0.5, 0.6) is 0 Å². The van der Waals surface area contributed by atoms with Crippen molar-refractivity contribution in [3.05, 3.63) is 0 Å². The number of carbonyl (C=O) groups excluding carboxylic acids is 1. The summed E-state index contributed by atoms with van der Waals surface area (Å²) < 4.78 is 33.7. The van der Waals surface area contributed by atoms with Gasteiger partial charge in [0.1, 0.15) is 18.3 Å². The highest BCUT2D eigenvalue weighted by molar-refractivity contribution is 6.74. The molecule has 0 aliphatic carbocycles. The van der Waals surface area contributed by atoms with Crippen molar-refractivity contribution < 1.29 is 43.1 Å². The van der Waals surface area contributed by atoms with Crippen LogP contribution in [0.4, 0.5) is 0 Å². The lowest BCUT2D eigenvalue weighted by molar-refractivity contribution is -0.188. The summed E-state index contributed by atoms with van der Waals surface area (Å²) >= 11 is 0. The third-order valence-corrected chi connectivity index (χ3v) is 11.1. The van der Waals surface area contributed by atoms with Crippen LogP contribution >= 0.6 is 0 Å². The van der Waals surface area contributed by atoms with Crippen molar-refractivity contribution in [1.82, 2.24) is 0 Å². The average molecular weight is 493 g/mol. The van der Waals surface area contributed by atoms with Gasteiger partial charge in [0.25, 0.3) is 0 Å². The number of ether oxygens (including phenoxy) is 5. The summed E-state index contributed by atoms with van der Waals surface area (Å²) in [6, 6.07) is 0. The topological polar surface area (TPSA) is 113 Å². The van der Waals surface area contributed by atoms with Crippen LogP contribution in [-0.2, 0) is 32.9 Å². The quantitative estimate of drug-likeness (QED) is 0.427. The number of aliphatic hydroxyl groups excluding tert-OH is 2.